The zero-order valence-corrected chi connectivity index (χ0v) is 14.1. The van der Waals surface area contributed by atoms with Crippen molar-refractivity contribution >= 4 is 33.0 Å². The quantitative estimate of drug-likeness (QED) is 0.676. The molecular weight excluding hydrogens is 369 g/mol. The Morgan fingerprint density at radius 2 is 1.96 bits per heavy atom. The van der Waals surface area contributed by atoms with Crippen molar-refractivity contribution in [2.24, 2.45) is 0 Å². The molecule has 2 N–H and O–H groups in total. The van der Waals surface area contributed by atoms with Crippen molar-refractivity contribution < 1.29 is 27.4 Å². The zero-order chi connectivity index (χ0) is 18.6. The Labute approximate surface area is 149 Å². The summed E-state index contributed by atoms with van der Waals surface area (Å²) in [5.74, 6) is 0.414. The standard InChI is InChI=1S/C17H11F3N2O3S/c1-7-4-9(17(18,19)20)12-13(21)15(26-16(12)22-7)14(23)8-2-3-10-11(5-8)25-6-24-10/h2-5H,6,21H2,1H3. The molecule has 0 amide bonds. The van der Waals surface area contributed by atoms with Gasteiger partial charge in [0, 0.05) is 16.6 Å². The third kappa shape index (κ3) is 2.55. The minimum absolute atomic E-state index is 0.0162. The molecule has 0 fully saturated rings. The molecule has 3 aromatic rings. The largest absolute Gasteiger partial charge is 0.454 e. The van der Waals surface area contributed by atoms with E-state index in [9.17, 15) is 18.0 Å². The summed E-state index contributed by atoms with van der Waals surface area (Å²) in [5.41, 5.74) is 5.28. The first kappa shape index (κ1) is 16.6. The average molecular weight is 380 g/mol. The lowest BCUT2D eigenvalue weighted by Gasteiger charge is -2.09. The number of nitrogens with zero attached hydrogens (tertiary/aromatic N) is 1. The van der Waals surface area contributed by atoms with Crippen LogP contribution in [-0.4, -0.2) is 17.6 Å². The maximum absolute atomic E-state index is 13.4. The molecule has 0 aliphatic carbocycles. The van der Waals surface area contributed by atoms with Gasteiger partial charge in [0.25, 0.3) is 0 Å². The molecule has 9 heteroatoms. The van der Waals surface area contributed by atoms with E-state index in [0.717, 1.165) is 17.4 Å². The number of ketones is 1. The van der Waals surface area contributed by atoms with E-state index in [0.29, 0.717) is 11.5 Å². The highest BCUT2D eigenvalue weighted by Crippen LogP contribution is 2.43. The first-order valence-corrected chi connectivity index (χ1v) is 8.28. The van der Waals surface area contributed by atoms with Gasteiger partial charge in [-0.3, -0.25) is 4.79 Å². The van der Waals surface area contributed by atoms with E-state index >= 15 is 0 Å². The van der Waals surface area contributed by atoms with Crippen molar-refractivity contribution in [2.75, 3.05) is 12.5 Å². The molecule has 5 nitrogen and oxygen atoms in total. The predicted octanol–water partition coefficient (Wildman–Crippen LogP) is 4.17. The van der Waals surface area contributed by atoms with Gasteiger partial charge < -0.3 is 15.2 Å². The molecule has 26 heavy (non-hydrogen) atoms. The Hall–Kier alpha value is -2.81. The Bertz CT molecular complexity index is 1060. The van der Waals surface area contributed by atoms with Crippen molar-refractivity contribution in [3.05, 3.63) is 46.0 Å². The summed E-state index contributed by atoms with van der Waals surface area (Å²) in [4.78, 5) is 17.0. The number of rotatable bonds is 2. The lowest BCUT2D eigenvalue weighted by Crippen LogP contribution is -2.08. The summed E-state index contributed by atoms with van der Waals surface area (Å²) in [6, 6.07) is 5.50. The number of aryl methyl sites for hydroxylation is 1. The van der Waals surface area contributed by atoms with Gasteiger partial charge in [0.2, 0.25) is 12.6 Å². The zero-order valence-electron chi connectivity index (χ0n) is 13.3. The Balaban J connectivity index is 1.87. The molecular formula is C17H11F3N2O3S. The van der Waals surface area contributed by atoms with E-state index in [2.05, 4.69) is 4.98 Å². The summed E-state index contributed by atoms with van der Waals surface area (Å²) in [5, 5.41) is -0.239. The van der Waals surface area contributed by atoms with Crippen LogP contribution >= 0.6 is 11.3 Å². The maximum Gasteiger partial charge on any atom is 0.417 e. The summed E-state index contributed by atoms with van der Waals surface area (Å²) in [6.45, 7) is 1.51. The van der Waals surface area contributed by atoms with Crippen LogP contribution in [0.3, 0.4) is 0 Å². The predicted molar refractivity (Wildman–Crippen MR) is 89.8 cm³/mol. The first-order valence-electron chi connectivity index (χ1n) is 7.47. The molecule has 2 aromatic heterocycles. The van der Waals surface area contributed by atoms with Crippen LogP contribution in [0.2, 0.25) is 0 Å². The first-order chi connectivity index (χ1) is 12.3. The fourth-order valence-corrected chi connectivity index (χ4v) is 3.93. The van der Waals surface area contributed by atoms with E-state index in [1.807, 2.05) is 0 Å². The number of benzene rings is 1. The van der Waals surface area contributed by atoms with E-state index in [4.69, 9.17) is 15.2 Å². The van der Waals surface area contributed by atoms with Crippen molar-refractivity contribution in [3.8, 4) is 11.5 Å². The Morgan fingerprint density at radius 3 is 2.69 bits per heavy atom. The van der Waals surface area contributed by atoms with Crippen LogP contribution in [0.1, 0.15) is 26.5 Å². The highest BCUT2D eigenvalue weighted by atomic mass is 32.1. The Kier molecular flexibility index (Phi) is 3.58. The summed E-state index contributed by atoms with van der Waals surface area (Å²) in [7, 11) is 0. The minimum atomic E-state index is -4.60. The van der Waals surface area contributed by atoms with Crippen LogP contribution in [0, 0.1) is 6.92 Å². The molecule has 0 spiro atoms. The van der Waals surface area contributed by atoms with Crippen LogP contribution in [-0.2, 0) is 6.18 Å². The van der Waals surface area contributed by atoms with E-state index in [-0.39, 0.29) is 38.8 Å². The molecule has 3 heterocycles. The molecule has 0 unspecified atom stereocenters. The third-order valence-electron chi connectivity index (χ3n) is 3.97. The molecule has 0 radical (unpaired) electrons. The fourth-order valence-electron chi connectivity index (χ4n) is 2.81. The van der Waals surface area contributed by atoms with Crippen LogP contribution < -0.4 is 15.2 Å². The van der Waals surface area contributed by atoms with Gasteiger partial charge in [-0.15, -0.1) is 11.3 Å². The van der Waals surface area contributed by atoms with Crippen LogP contribution in [0.25, 0.3) is 10.2 Å². The smallest absolute Gasteiger partial charge is 0.417 e. The topological polar surface area (TPSA) is 74.4 Å². The number of pyridine rings is 1. The molecule has 0 bridgehead atoms. The van der Waals surface area contributed by atoms with Gasteiger partial charge in [0.15, 0.2) is 11.5 Å². The molecule has 0 saturated carbocycles. The fraction of sp³-hybridized carbons (Fsp3) is 0.176. The van der Waals surface area contributed by atoms with Gasteiger partial charge in [0.1, 0.15) is 9.71 Å². The molecule has 0 saturated heterocycles. The van der Waals surface area contributed by atoms with Crippen molar-refractivity contribution in [1.29, 1.82) is 0 Å². The van der Waals surface area contributed by atoms with Crippen molar-refractivity contribution in [3.63, 3.8) is 0 Å². The average Bonchev–Trinajstić information content (AvgIpc) is 3.16. The van der Waals surface area contributed by atoms with Gasteiger partial charge in [-0.1, -0.05) is 0 Å². The number of carbonyl (C=O) groups excluding carboxylic acids is 1. The lowest BCUT2D eigenvalue weighted by molar-refractivity contribution is -0.136. The third-order valence-corrected chi connectivity index (χ3v) is 5.07. The minimum Gasteiger partial charge on any atom is -0.454 e. The van der Waals surface area contributed by atoms with Gasteiger partial charge in [-0.05, 0) is 31.2 Å². The van der Waals surface area contributed by atoms with Crippen LogP contribution in [0.15, 0.2) is 24.3 Å². The second-order valence-electron chi connectivity index (χ2n) is 5.73. The molecule has 1 aliphatic heterocycles. The second-order valence-corrected chi connectivity index (χ2v) is 6.73. The van der Waals surface area contributed by atoms with E-state index in [1.165, 1.54) is 19.1 Å². The van der Waals surface area contributed by atoms with Crippen LogP contribution in [0.4, 0.5) is 18.9 Å². The summed E-state index contributed by atoms with van der Waals surface area (Å²) >= 11 is 0.847. The number of carbonyl (C=O) groups is 1. The van der Waals surface area contributed by atoms with Gasteiger partial charge >= 0.3 is 6.18 Å². The number of anilines is 1. The molecule has 0 atom stereocenters. The number of hydrogen-bond acceptors (Lipinski definition) is 6. The Morgan fingerprint density at radius 1 is 1.23 bits per heavy atom. The van der Waals surface area contributed by atoms with Gasteiger partial charge in [-0.25, -0.2) is 4.98 Å². The second kappa shape index (κ2) is 5.60. The molecule has 1 aliphatic rings. The van der Waals surface area contributed by atoms with Crippen molar-refractivity contribution in [2.45, 2.75) is 13.1 Å². The lowest BCUT2D eigenvalue weighted by atomic mass is 10.1. The van der Waals surface area contributed by atoms with Gasteiger partial charge in [-0.2, -0.15) is 13.2 Å². The number of nitrogens with two attached hydrogens (primary N) is 1. The highest BCUT2D eigenvalue weighted by molar-refractivity contribution is 7.21. The number of alkyl halides is 3. The highest BCUT2D eigenvalue weighted by Gasteiger charge is 2.36. The monoisotopic (exact) mass is 380 g/mol. The van der Waals surface area contributed by atoms with Gasteiger partial charge in [0.05, 0.1) is 11.3 Å². The molecule has 1 aromatic carbocycles. The number of thiophene rings is 1. The molecule has 134 valence electrons. The van der Waals surface area contributed by atoms with E-state index in [1.54, 1.807) is 6.07 Å². The normalized spacial score (nSPS) is 13.4. The van der Waals surface area contributed by atoms with E-state index < -0.39 is 17.5 Å². The number of aromatic nitrogens is 1. The summed E-state index contributed by atoms with van der Waals surface area (Å²) in [6.07, 6.45) is -4.60. The number of halogens is 3. The maximum atomic E-state index is 13.4. The number of nitrogen functional groups attached to an aromatic ring is 1. The van der Waals surface area contributed by atoms with Crippen molar-refractivity contribution in [1.82, 2.24) is 4.98 Å². The number of ether oxygens (including phenoxy) is 2. The molecule has 4 rings (SSSR count). The number of hydrogen-bond donors (Lipinski definition) is 1. The van der Waals surface area contributed by atoms with Crippen LogP contribution in [0.5, 0.6) is 11.5 Å². The number of fused-ring (bicyclic) bond motifs is 2. The SMILES string of the molecule is Cc1cc(C(F)(F)F)c2c(N)c(C(=O)c3ccc4c(c3)OCO4)sc2n1. The summed E-state index contributed by atoms with van der Waals surface area (Å²) < 4.78 is 50.5.